The van der Waals surface area contributed by atoms with Gasteiger partial charge in [0.25, 0.3) is 5.91 Å². The molecule has 0 aliphatic heterocycles. The number of carbonyl (C=O) groups excluding carboxylic acids is 1. The van der Waals surface area contributed by atoms with Gasteiger partial charge in [-0.15, -0.1) is 0 Å². The molecular weight excluding hydrogens is 204 g/mol. The van der Waals surface area contributed by atoms with Gasteiger partial charge >= 0.3 is 0 Å². The molecule has 0 fully saturated rings. The Morgan fingerprint density at radius 3 is 2.81 bits per heavy atom. The van der Waals surface area contributed by atoms with Crippen LogP contribution in [0.1, 0.15) is 16.2 Å². The second-order valence-electron chi connectivity index (χ2n) is 3.46. The summed E-state index contributed by atoms with van der Waals surface area (Å²) in [4.78, 5) is 15.8. The number of rotatable bonds is 2. The van der Waals surface area contributed by atoms with Crippen LogP contribution in [0.15, 0.2) is 30.5 Å². The maximum atomic E-state index is 11.8. The first-order valence-corrected chi connectivity index (χ1v) is 4.90. The summed E-state index contributed by atoms with van der Waals surface area (Å²) in [5, 5.41) is 6.76. The van der Waals surface area contributed by atoms with E-state index < -0.39 is 0 Å². The van der Waals surface area contributed by atoms with Crippen molar-refractivity contribution in [3.05, 3.63) is 41.9 Å². The number of aromatic nitrogens is 3. The van der Waals surface area contributed by atoms with Crippen molar-refractivity contribution in [2.24, 2.45) is 7.05 Å². The third-order valence-electron chi connectivity index (χ3n) is 2.25. The molecule has 82 valence electrons. The van der Waals surface area contributed by atoms with Crippen molar-refractivity contribution in [3.63, 3.8) is 0 Å². The molecule has 0 saturated heterocycles. The van der Waals surface area contributed by atoms with E-state index in [4.69, 9.17) is 0 Å². The Hall–Kier alpha value is -2.17. The predicted molar refractivity (Wildman–Crippen MR) is 60.1 cm³/mol. The molecule has 0 aliphatic rings. The third-order valence-corrected chi connectivity index (χ3v) is 2.25. The van der Waals surface area contributed by atoms with E-state index in [1.165, 1.54) is 0 Å². The lowest BCUT2D eigenvalue weighted by Crippen LogP contribution is -2.13. The zero-order chi connectivity index (χ0) is 11.5. The summed E-state index contributed by atoms with van der Waals surface area (Å²) in [6, 6.07) is 7.07. The standard InChI is InChI=1S/C11H12N4O/c1-8-7-9(14-15(8)2)11(16)13-10-5-3-4-6-12-10/h3-7H,1-2H3,(H,12,13,16). The summed E-state index contributed by atoms with van der Waals surface area (Å²) in [6.07, 6.45) is 1.62. The van der Waals surface area contributed by atoms with Crippen molar-refractivity contribution in [3.8, 4) is 0 Å². The Balaban J connectivity index is 2.15. The first kappa shape index (κ1) is 10.4. The maximum absolute atomic E-state index is 11.8. The van der Waals surface area contributed by atoms with Crippen molar-refractivity contribution in [1.29, 1.82) is 0 Å². The van der Waals surface area contributed by atoms with Gasteiger partial charge in [-0.2, -0.15) is 5.10 Å². The van der Waals surface area contributed by atoms with Crippen molar-refractivity contribution in [1.82, 2.24) is 14.8 Å². The van der Waals surface area contributed by atoms with E-state index in [9.17, 15) is 4.79 Å². The van der Waals surface area contributed by atoms with E-state index in [1.54, 1.807) is 36.1 Å². The zero-order valence-electron chi connectivity index (χ0n) is 9.14. The molecule has 0 bridgehead atoms. The highest BCUT2D eigenvalue weighted by Crippen LogP contribution is 2.05. The third kappa shape index (κ3) is 2.08. The second-order valence-corrected chi connectivity index (χ2v) is 3.46. The minimum Gasteiger partial charge on any atom is -0.305 e. The summed E-state index contributed by atoms with van der Waals surface area (Å²) in [7, 11) is 1.80. The Bertz CT molecular complexity index is 484. The monoisotopic (exact) mass is 216 g/mol. The van der Waals surface area contributed by atoms with Gasteiger partial charge in [-0.1, -0.05) is 6.07 Å². The first-order valence-electron chi connectivity index (χ1n) is 4.90. The molecule has 2 aromatic rings. The fourth-order valence-corrected chi connectivity index (χ4v) is 1.29. The second kappa shape index (κ2) is 4.14. The van der Waals surface area contributed by atoms with Gasteiger partial charge < -0.3 is 5.32 Å². The lowest BCUT2D eigenvalue weighted by Gasteiger charge is -2.00. The van der Waals surface area contributed by atoms with Gasteiger partial charge in [-0.3, -0.25) is 9.48 Å². The fourth-order valence-electron chi connectivity index (χ4n) is 1.29. The van der Waals surface area contributed by atoms with Crippen molar-refractivity contribution >= 4 is 11.7 Å². The normalized spacial score (nSPS) is 10.1. The van der Waals surface area contributed by atoms with Gasteiger partial charge in [-0.05, 0) is 25.1 Å². The van der Waals surface area contributed by atoms with Crippen LogP contribution in [0.3, 0.4) is 0 Å². The molecule has 0 aliphatic carbocycles. The van der Waals surface area contributed by atoms with Crippen LogP contribution >= 0.6 is 0 Å². The number of amides is 1. The zero-order valence-corrected chi connectivity index (χ0v) is 9.14. The Labute approximate surface area is 93.1 Å². The Morgan fingerprint density at radius 1 is 1.44 bits per heavy atom. The predicted octanol–water partition coefficient (Wildman–Crippen LogP) is 1.38. The minimum absolute atomic E-state index is 0.248. The summed E-state index contributed by atoms with van der Waals surface area (Å²) in [5.41, 5.74) is 1.33. The van der Waals surface area contributed by atoms with Gasteiger partial charge in [-0.25, -0.2) is 4.98 Å². The minimum atomic E-state index is -0.248. The molecule has 16 heavy (non-hydrogen) atoms. The average molecular weight is 216 g/mol. The lowest BCUT2D eigenvalue weighted by molar-refractivity contribution is 0.102. The van der Waals surface area contributed by atoms with Crippen molar-refractivity contribution < 1.29 is 4.79 Å². The van der Waals surface area contributed by atoms with Crippen LogP contribution in [0.4, 0.5) is 5.82 Å². The average Bonchev–Trinajstić information content (AvgIpc) is 2.61. The summed E-state index contributed by atoms with van der Waals surface area (Å²) >= 11 is 0. The molecule has 2 rings (SSSR count). The Kier molecular flexibility index (Phi) is 2.68. The maximum Gasteiger partial charge on any atom is 0.277 e. The number of aryl methyl sites for hydroxylation is 2. The van der Waals surface area contributed by atoms with Crippen LogP contribution in [-0.2, 0) is 7.05 Å². The quantitative estimate of drug-likeness (QED) is 0.824. The SMILES string of the molecule is Cc1cc(C(=O)Nc2ccccn2)nn1C. The number of hydrogen-bond donors (Lipinski definition) is 1. The number of hydrogen-bond acceptors (Lipinski definition) is 3. The number of anilines is 1. The summed E-state index contributed by atoms with van der Waals surface area (Å²) < 4.78 is 1.66. The number of pyridine rings is 1. The Morgan fingerprint density at radius 2 is 2.25 bits per heavy atom. The van der Waals surface area contributed by atoms with Gasteiger partial charge in [0.05, 0.1) is 0 Å². The molecule has 1 amide bonds. The van der Waals surface area contributed by atoms with Crippen LogP contribution in [0.5, 0.6) is 0 Å². The van der Waals surface area contributed by atoms with Gasteiger partial charge in [0.1, 0.15) is 5.82 Å². The molecule has 5 nitrogen and oxygen atoms in total. The molecular formula is C11H12N4O. The highest BCUT2D eigenvalue weighted by molar-refractivity contribution is 6.02. The molecule has 1 N–H and O–H groups in total. The highest BCUT2D eigenvalue weighted by atomic mass is 16.2. The molecule has 0 spiro atoms. The van der Waals surface area contributed by atoms with Crippen LogP contribution in [0, 0.1) is 6.92 Å². The van der Waals surface area contributed by atoms with Crippen molar-refractivity contribution in [2.45, 2.75) is 6.92 Å². The fraction of sp³-hybridized carbons (Fsp3) is 0.182. The molecule has 0 saturated carbocycles. The largest absolute Gasteiger partial charge is 0.305 e. The first-order chi connectivity index (χ1) is 7.66. The smallest absolute Gasteiger partial charge is 0.277 e. The molecule has 2 heterocycles. The molecule has 0 radical (unpaired) electrons. The topological polar surface area (TPSA) is 59.8 Å². The molecule has 0 atom stereocenters. The van der Waals surface area contributed by atoms with Gasteiger partial charge in [0.2, 0.25) is 0 Å². The van der Waals surface area contributed by atoms with E-state index in [2.05, 4.69) is 15.4 Å². The molecule has 2 aromatic heterocycles. The van der Waals surface area contributed by atoms with Crippen LogP contribution < -0.4 is 5.32 Å². The van der Waals surface area contributed by atoms with Crippen LogP contribution in [0.2, 0.25) is 0 Å². The summed E-state index contributed by atoms with van der Waals surface area (Å²) in [6.45, 7) is 1.89. The van der Waals surface area contributed by atoms with Crippen molar-refractivity contribution in [2.75, 3.05) is 5.32 Å². The number of carbonyl (C=O) groups is 1. The summed E-state index contributed by atoms with van der Waals surface area (Å²) in [5.74, 6) is 0.276. The molecule has 0 aromatic carbocycles. The number of nitrogens with zero attached hydrogens (tertiary/aromatic N) is 3. The number of nitrogens with one attached hydrogen (secondary N) is 1. The van der Waals surface area contributed by atoms with Crippen LogP contribution in [0.25, 0.3) is 0 Å². The molecule has 5 heteroatoms. The van der Waals surface area contributed by atoms with E-state index in [0.29, 0.717) is 11.5 Å². The van der Waals surface area contributed by atoms with Gasteiger partial charge in [0, 0.05) is 18.9 Å². The van der Waals surface area contributed by atoms with Crippen LogP contribution in [-0.4, -0.2) is 20.7 Å². The van der Waals surface area contributed by atoms with E-state index in [1.807, 2.05) is 13.0 Å². The van der Waals surface area contributed by atoms with E-state index in [-0.39, 0.29) is 5.91 Å². The lowest BCUT2D eigenvalue weighted by atomic mass is 10.3. The van der Waals surface area contributed by atoms with Gasteiger partial charge in [0.15, 0.2) is 5.69 Å². The van der Waals surface area contributed by atoms with E-state index >= 15 is 0 Å². The van der Waals surface area contributed by atoms with E-state index in [0.717, 1.165) is 5.69 Å². The molecule has 0 unspecified atom stereocenters. The highest BCUT2D eigenvalue weighted by Gasteiger charge is 2.11.